The molecule has 2 heteroatoms. The Labute approximate surface area is 314 Å². The SMILES string of the molecule is c1ccc(-c2cc(-c3ccccc3)cc(-c3ccc(N(c4cccc(-c5cccc6ccccc56)c4)c4ccc5oc6ccccc6c5c4)cc3)c2)cc1. The molecule has 0 atom stereocenters. The van der Waals surface area contributed by atoms with Crippen LogP contribution in [0.5, 0.6) is 0 Å². The molecule has 0 saturated carbocycles. The molecule has 0 spiro atoms. The first-order chi connectivity index (χ1) is 26.7. The molecule has 2 nitrogen and oxygen atoms in total. The van der Waals surface area contributed by atoms with Crippen LogP contribution in [0.3, 0.4) is 0 Å². The van der Waals surface area contributed by atoms with Crippen molar-refractivity contribution in [1.82, 2.24) is 0 Å². The summed E-state index contributed by atoms with van der Waals surface area (Å²) in [6, 6.07) is 76.0. The maximum Gasteiger partial charge on any atom is 0.135 e. The van der Waals surface area contributed by atoms with Crippen LogP contribution in [0.1, 0.15) is 0 Å². The van der Waals surface area contributed by atoms with Crippen LogP contribution in [0.4, 0.5) is 17.1 Å². The van der Waals surface area contributed by atoms with Crippen LogP contribution in [-0.2, 0) is 0 Å². The molecular formula is C52H35NO. The highest BCUT2D eigenvalue weighted by molar-refractivity contribution is 6.06. The summed E-state index contributed by atoms with van der Waals surface area (Å²) >= 11 is 0. The molecule has 0 aliphatic heterocycles. The van der Waals surface area contributed by atoms with Crippen molar-refractivity contribution in [3.63, 3.8) is 0 Å². The maximum atomic E-state index is 6.25. The molecule has 0 fully saturated rings. The van der Waals surface area contributed by atoms with Crippen LogP contribution >= 0.6 is 0 Å². The van der Waals surface area contributed by atoms with Gasteiger partial charge in [0, 0.05) is 27.8 Å². The van der Waals surface area contributed by atoms with Crippen molar-refractivity contribution in [2.24, 2.45) is 0 Å². The van der Waals surface area contributed by atoms with Gasteiger partial charge in [-0.25, -0.2) is 0 Å². The first-order valence-electron chi connectivity index (χ1n) is 18.4. The first kappa shape index (κ1) is 31.6. The van der Waals surface area contributed by atoms with Crippen LogP contribution in [0, 0.1) is 0 Å². The molecule has 10 aromatic rings. The number of hydrogen-bond donors (Lipinski definition) is 0. The molecule has 0 aliphatic carbocycles. The van der Waals surface area contributed by atoms with Gasteiger partial charge in [-0.1, -0.05) is 146 Å². The van der Waals surface area contributed by atoms with Gasteiger partial charge < -0.3 is 9.32 Å². The van der Waals surface area contributed by atoms with Crippen LogP contribution < -0.4 is 4.90 Å². The average Bonchev–Trinajstić information content (AvgIpc) is 3.62. The Kier molecular flexibility index (Phi) is 7.85. The van der Waals surface area contributed by atoms with E-state index in [0.29, 0.717) is 0 Å². The Morgan fingerprint density at radius 3 is 1.52 bits per heavy atom. The van der Waals surface area contributed by atoms with Crippen molar-refractivity contribution >= 4 is 49.8 Å². The molecule has 1 aromatic heterocycles. The zero-order chi connectivity index (χ0) is 35.8. The Morgan fingerprint density at radius 2 is 0.796 bits per heavy atom. The highest BCUT2D eigenvalue weighted by atomic mass is 16.3. The number of benzene rings is 9. The smallest absolute Gasteiger partial charge is 0.135 e. The number of fused-ring (bicyclic) bond motifs is 4. The summed E-state index contributed by atoms with van der Waals surface area (Å²) in [5, 5.41) is 4.69. The molecule has 0 bridgehead atoms. The van der Waals surface area contributed by atoms with Crippen molar-refractivity contribution in [2.45, 2.75) is 0 Å². The second-order valence-corrected chi connectivity index (χ2v) is 13.8. The molecule has 0 amide bonds. The zero-order valence-electron chi connectivity index (χ0n) is 29.6. The fourth-order valence-electron chi connectivity index (χ4n) is 7.78. The first-order valence-corrected chi connectivity index (χ1v) is 18.4. The minimum Gasteiger partial charge on any atom is -0.456 e. The van der Waals surface area contributed by atoms with E-state index in [1.807, 2.05) is 12.1 Å². The topological polar surface area (TPSA) is 16.4 Å². The summed E-state index contributed by atoms with van der Waals surface area (Å²) in [5.41, 5.74) is 14.5. The second kappa shape index (κ2) is 13.4. The van der Waals surface area contributed by atoms with Crippen molar-refractivity contribution in [3.05, 3.63) is 212 Å². The van der Waals surface area contributed by atoms with Crippen LogP contribution in [0.25, 0.3) is 77.2 Å². The van der Waals surface area contributed by atoms with Crippen LogP contribution in [-0.4, -0.2) is 0 Å². The highest BCUT2D eigenvalue weighted by Gasteiger charge is 2.17. The number of furan rings is 1. The van der Waals surface area contributed by atoms with Crippen molar-refractivity contribution in [1.29, 1.82) is 0 Å². The van der Waals surface area contributed by atoms with Crippen molar-refractivity contribution < 1.29 is 4.42 Å². The van der Waals surface area contributed by atoms with Gasteiger partial charge in [-0.05, 0) is 122 Å². The Hall–Kier alpha value is -7.16. The summed E-state index contributed by atoms with van der Waals surface area (Å²) in [6.07, 6.45) is 0. The molecule has 54 heavy (non-hydrogen) atoms. The summed E-state index contributed by atoms with van der Waals surface area (Å²) in [6.45, 7) is 0. The quantitative estimate of drug-likeness (QED) is 0.166. The third-order valence-corrected chi connectivity index (χ3v) is 10.4. The lowest BCUT2D eigenvalue weighted by Gasteiger charge is -2.26. The third-order valence-electron chi connectivity index (χ3n) is 10.4. The van der Waals surface area contributed by atoms with Gasteiger partial charge in [0.25, 0.3) is 0 Å². The van der Waals surface area contributed by atoms with E-state index in [2.05, 4.69) is 205 Å². The van der Waals surface area contributed by atoms with Gasteiger partial charge in [-0.2, -0.15) is 0 Å². The standard InChI is InChI=1S/C52H35NO/c1-3-13-36(14-4-1)41-31-42(37-15-5-2-6-16-37)33-43(32-41)38-25-27-44(28-26-38)53(46-29-30-52-50(35-46)49-22-9-10-24-51(49)54-52)45-20-11-19-40(34-45)48-23-12-18-39-17-7-8-21-47(39)48/h1-35H. The third kappa shape index (κ3) is 5.81. The number of hydrogen-bond acceptors (Lipinski definition) is 2. The van der Waals surface area contributed by atoms with Gasteiger partial charge in [0.05, 0.1) is 0 Å². The van der Waals surface area contributed by atoms with Gasteiger partial charge in [0.15, 0.2) is 0 Å². The van der Waals surface area contributed by atoms with Crippen LogP contribution in [0.15, 0.2) is 217 Å². The van der Waals surface area contributed by atoms with Crippen LogP contribution in [0.2, 0.25) is 0 Å². The summed E-state index contributed by atoms with van der Waals surface area (Å²) in [4.78, 5) is 2.36. The number of anilines is 3. The summed E-state index contributed by atoms with van der Waals surface area (Å²) in [7, 11) is 0. The van der Waals surface area contributed by atoms with E-state index < -0.39 is 0 Å². The predicted molar refractivity (Wildman–Crippen MR) is 228 cm³/mol. The molecule has 0 aliphatic rings. The molecule has 0 saturated heterocycles. The lowest BCUT2D eigenvalue weighted by molar-refractivity contribution is 0.669. The van der Waals surface area contributed by atoms with Gasteiger partial charge in [0.1, 0.15) is 11.2 Å². The molecule has 10 rings (SSSR count). The average molecular weight is 690 g/mol. The number of nitrogens with zero attached hydrogens (tertiary/aromatic N) is 1. The molecule has 254 valence electrons. The largest absolute Gasteiger partial charge is 0.456 e. The molecule has 0 unspecified atom stereocenters. The fourth-order valence-corrected chi connectivity index (χ4v) is 7.78. The maximum absolute atomic E-state index is 6.25. The van der Waals surface area contributed by atoms with E-state index in [1.54, 1.807) is 0 Å². The fraction of sp³-hybridized carbons (Fsp3) is 0. The van der Waals surface area contributed by atoms with Crippen molar-refractivity contribution in [3.8, 4) is 44.5 Å². The normalized spacial score (nSPS) is 11.3. The minimum atomic E-state index is 0.882. The molecular weight excluding hydrogens is 655 g/mol. The lowest BCUT2D eigenvalue weighted by atomic mass is 9.93. The van der Waals surface area contributed by atoms with E-state index >= 15 is 0 Å². The van der Waals surface area contributed by atoms with Crippen molar-refractivity contribution in [2.75, 3.05) is 4.90 Å². The highest BCUT2D eigenvalue weighted by Crippen LogP contribution is 2.42. The van der Waals surface area contributed by atoms with E-state index in [1.165, 1.54) is 49.7 Å². The van der Waals surface area contributed by atoms with Gasteiger partial charge in [0.2, 0.25) is 0 Å². The minimum absolute atomic E-state index is 0.882. The number of rotatable bonds is 7. The molecule has 0 N–H and O–H groups in total. The molecule has 9 aromatic carbocycles. The Morgan fingerprint density at radius 1 is 0.278 bits per heavy atom. The van der Waals surface area contributed by atoms with E-state index in [9.17, 15) is 0 Å². The van der Waals surface area contributed by atoms with E-state index in [4.69, 9.17) is 4.42 Å². The monoisotopic (exact) mass is 689 g/mol. The Balaban J connectivity index is 1.11. The summed E-state index contributed by atoms with van der Waals surface area (Å²) in [5.74, 6) is 0. The predicted octanol–water partition coefficient (Wildman–Crippen LogP) is 14.9. The second-order valence-electron chi connectivity index (χ2n) is 13.8. The lowest BCUT2D eigenvalue weighted by Crippen LogP contribution is -2.10. The Bertz CT molecular complexity index is 2860. The molecule has 0 radical (unpaired) electrons. The zero-order valence-corrected chi connectivity index (χ0v) is 29.6. The van der Waals surface area contributed by atoms with E-state index in [0.717, 1.165) is 44.6 Å². The van der Waals surface area contributed by atoms with E-state index in [-0.39, 0.29) is 0 Å². The van der Waals surface area contributed by atoms with Gasteiger partial charge >= 0.3 is 0 Å². The van der Waals surface area contributed by atoms with Gasteiger partial charge in [-0.3, -0.25) is 0 Å². The molecule has 1 heterocycles. The van der Waals surface area contributed by atoms with Gasteiger partial charge in [-0.15, -0.1) is 0 Å². The number of para-hydroxylation sites is 1. The summed E-state index contributed by atoms with van der Waals surface area (Å²) < 4.78 is 6.25.